The molecular formula is C14H16FN3O2. The van der Waals surface area contributed by atoms with Gasteiger partial charge in [0.1, 0.15) is 5.82 Å². The number of amides is 2. The lowest BCUT2D eigenvalue weighted by Crippen LogP contribution is -2.36. The molecule has 0 aliphatic carbocycles. The Balaban J connectivity index is 2.76. The molecular weight excluding hydrogens is 261 g/mol. The second kappa shape index (κ2) is 7.26. The van der Waals surface area contributed by atoms with Crippen molar-refractivity contribution in [2.75, 3.05) is 27.2 Å². The van der Waals surface area contributed by atoms with Gasteiger partial charge in [0.25, 0.3) is 5.91 Å². The van der Waals surface area contributed by atoms with Crippen LogP contribution in [0.1, 0.15) is 15.9 Å². The fourth-order valence-corrected chi connectivity index (χ4v) is 1.34. The van der Waals surface area contributed by atoms with Gasteiger partial charge in [0.05, 0.1) is 18.7 Å². The molecule has 3 N–H and O–H groups in total. The Morgan fingerprint density at radius 3 is 2.65 bits per heavy atom. The van der Waals surface area contributed by atoms with Crippen LogP contribution < -0.4 is 11.1 Å². The van der Waals surface area contributed by atoms with Gasteiger partial charge in [-0.15, -0.1) is 0 Å². The largest absolute Gasteiger partial charge is 0.347 e. The van der Waals surface area contributed by atoms with E-state index in [4.69, 9.17) is 5.73 Å². The van der Waals surface area contributed by atoms with Crippen LogP contribution in [0.15, 0.2) is 18.2 Å². The summed E-state index contributed by atoms with van der Waals surface area (Å²) in [6, 6.07) is 4.01. The number of hydrogen-bond acceptors (Lipinski definition) is 3. The minimum absolute atomic E-state index is 0.130. The van der Waals surface area contributed by atoms with Crippen LogP contribution >= 0.6 is 0 Å². The number of nitrogens with one attached hydrogen (secondary N) is 1. The van der Waals surface area contributed by atoms with E-state index in [0.717, 1.165) is 6.07 Å². The zero-order valence-corrected chi connectivity index (χ0v) is 11.4. The van der Waals surface area contributed by atoms with Gasteiger partial charge in [-0.2, -0.15) is 0 Å². The number of benzene rings is 1. The van der Waals surface area contributed by atoms with Crippen LogP contribution in [0.3, 0.4) is 0 Å². The van der Waals surface area contributed by atoms with Gasteiger partial charge in [-0.05, 0) is 18.2 Å². The topological polar surface area (TPSA) is 75.4 Å². The third kappa shape index (κ3) is 4.37. The molecule has 0 heterocycles. The Kier molecular flexibility index (Phi) is 5.69. The summed E-state index contributed by atoms with van der Waals surface area (Å²) in [6.45, 7) is -0.00346. The zero-order valence-electron chi connectivity index (χ0n) is 11.4. The Hall–Kier alpha value is -2.39. The highest BCUT2D eigenvalue weighted by Crippen LogP contribution is 2.09. The molecule has 1 aromatic carbocycles. The Morgan fingerprint density at radius 1 is 1.40 bits per heavy atom. The Morgan fingerprint density at radius 2 is 2.10 bits per heavy atom. The third-order valence-corrected chi connectivity index (χ3v) is 2.45. The first kappa shape index (κ1) is 15.7. The minimum atomic E-state index is -0.691. The van der Waals surface area contributed by atoms with Crippen molar-refractivity contribution in [3.63, 3.8) is 0 Å². The monoisotopic (exact) mass is 277 g/mol. The number of likely N-dealkylation sites (N-methyl/N-ethyl adjacent to an activating group) is 1. The van der Waals surface area contributed by atoms with Gasteiger partial charge in [-0.25, -0.2) is 4.39 Å². The molecule has 0 aromatic heterocycles. The highest BCUT2D eigenvalue weighted by Gasteiger charge is 2.13. The number of carbonyl (C=O) groups excluding carboxylic acids is 2. The number of carbonyl (C=O) groups is 2. The minimum Gasteiger partial charge on any atom is -0.347 e. The zero-order chi connectivity index (χ0) is 15.1. The molecule has 0 aliphatic rings. The molecule has 0 bridgehead atoms. The summed E-state index contributed by atoms with van der Waals surface area (Å²) in [5, 5.41) is 2.36. The SMILES string of the molecule is CN(C)C(=O)CNC(=O)c1ccc(C#CCN)cc1F. The van der Waals surface area contributed by atoms with Crippen molar-refractivity contribution in [3.8, 4) is 11.8 Å². The van der Waals surface area contributed by atoms with Crippen molar-refractivity contribution in [1.82, 2.24) is 10.2 Å². The number of halogens is 1. The van der Waals surface area contributed by atoms with Crippen LogP contribution in [-0.2, 0) is 4.79 Å². The molecule has 0 spiro atoms. The van der Waals surface area contributed by atoms with E-state index in [2.05, 4.69) is 17.2 Å². The van der Waals surface area contributed by atoms with Crippen molar-refractivity contribution < 1.29 is 14.0 Å². The Bertz CT molecular complexity index is 574. The van der Waals surface area contributed by atoms with Gasteiger partial charge in [0, 0.05) is 19.7 Å². The maximum absolute atomic E-state index is 13.8. The molecule has 0 saturated heterocycles. The van der Waals surface area contributed by atoms with Gasteiger partial charge in [0.15, 0.2) is 0 Å². The van der Waals surface area contributed by atoms with Crippen molar-refractivity contribution in [3.05, 3.63) is 35.1 Å². The van der Waals surface area contributed by atoms with E-state index in [1.165, 1.54) is 17.0 Å². The molecule has 0 saturated carbocycles. The van der Waals surface area contributed by atoms with E-state index in [1.807, 2.05) is 0 Å². The van der Waals surface area contributed by atoms with E-state index in [-0.39, 0.29) is 24.6 Å². The smallest absolute Gasteiger partial charge is 0.254 e. The molecule has 5 nitrogen and oxygen atoms in total. The Labute approximate surface area is 116 Å². The van der Waals surface area contributed by atoms with Crippen LogP contribution in [0.5, 0.6) is 0 Å². The molecule has 0 aliphatic heterocycles. The predicted molar refractivity (Wildman–Crippen MR) is 73.4 cm³/mol. The van der Waals surface area contributed by atoms with Crippen LogP contribution in [0.4, 0.5) is 4.39 Å². The fraction of sp³-hybridized carbons (Fsp3) is 0.286. The standard InChI is InChI=1S/C14H16FN3O2/c1-18(2)13(19)9-17-14(20)11-6-5-10(4-3-7-16)8-12(11)15/h5-6,8H,7,9,16H2,1-2H3,(H,17,20). The van der Waals surface area contributed by atoms with Crippen LogP contribution in [0, 0.1) is 17.7 Å². The highest BCUT2D eigenvalue weighted by atomic mass is 19.1. The normalized spacial score (nSPS) is 9.40. The average molecular weight is 277 g/mol. The molecule has 106 valence electrons. The first-order valence-electron chi connectivity index (χ1n) is 5.92. The summed E-state index contributed by atoms with van der Waals surface area (Å²) in [5.41, 5.74) is 5.53. The molecule has 1 rings (SSSR count). The van der Waals surface area contributed by atoms with Crippen LogP contribution in [-0.4, -0.2) is 43.9 Å². The number of hydrogen-bond donors (Lipinski definition) is 2. The number of nitrogens with two attached hydrogens (primary N) is 1. The lowest BCUT2D eigenvalue weighted by molar-refractivity contribution is -0.127. The molecule has 6 heteroatoms. The summed E-state index contributed by atoms with van der Waals surface area (Å²) in [5.74, 6) is 3.65. The average Bonchev–Trinajstić information content (AvgIpc) is 2.42. The second-order valence-corrected chi connectivity index (χ2v) is 4.17. The van der Waals surface area contributed by atoms with Crippen molar-refractivity contribution in [1.29, 1.82) is 0 Å². The van der Waals surface area contributed by atoms with E-state index in [1.54, 1.807) is 14.1 Å². The first-order chi connectivity index (χ1) is 9.45. The maximum Gasteiger partial charge on any atom is 0.254 e. The quantitative estimate of drug-likeness (QED) is 0.761. The lowest BCUT2D eigenvalue weighted by Gasteiger charge is -2.11. The van der Waals surface area contributed by atoms with Gasteiger partial charge >= 0.3 is 0 Å². The molecule has 20 heavy (non-hydrogen) atoms. The van der Waals surface area contributed by atoms with Crippen LogP contribution in [0.2, 0.25) is 0 Å². The van der Waals surface area contributed by atoms with Gasteiger partial charge < -0.3 is 16.0 Å². The molecule has 1 aromatic rings. The number of nitrogens with zero attached hydrogens (tertiary/aromatic N) is 1. The molecule has 2 amide bonds. The molecule has 0 radical (unpaired) electrons. The first-order valence-corrected chi connectivity index (χ1v) is 5.92. The van der Waals surface area contributed by atoms with E-state index in [9.17, 15) is 14.0 Å². The third-order valence-electron chi connectivity index (χ3n) is 2.45. The second-order valence-electron chi connectivity index (χ2n) is 4.17. The summed E-state index contributed by atoms with van der Waals surface area (Å²) in [7, 11) is 3.14. The molecule has 0 atom stereocenters. The van der Waals surface area contributed by atoms with E-state index in [0.29, 0.717) is 5.56 Å². The molecule has 0 fully saturated rings. The summed E-state index contributed by atoms with van der Waals surface area (Å²) >= 11 is 0. The van der Waals surface area contributed by atoms with Crippen molar-refractivity contribution in [2.45, 2.75) is 0 Å². The lowest BCUT2D eigenvalue weighted by atomic mass is 10.1. The van der Waals surface area contributed by atoms with Crippen molar-refractivity contribution >= 4 is 11.8 Å². The molecule has 0 unspecified atom stereocenters. The van der Waals surface area contributed by atoms with E-state index < -0.39 is 11.7 Å². The predicted octanol–water partition coefficient (Wildman–Crippen LogP) is -0.0461. The van der Waals surface area contributed by atoms with Gasteiger partial charge in [0.2, 0.25) is 5.91 Å². The van der Waals surface area contributed by atoms with Crippen molar-refractivity contribution in [2.24, 2.45) is 5.73 Å². The van der Waals surface area contributed by atoms with E-state index >= 15 is 0 Å². The van der Waals surface area contributed by atoms with Gasteiger partial charge in [-0.1, -0.05) is 11.8 Å². The number of rotatable bonds is 3. The van der Waals surface area contributed by atoms with Gasteiger partial charge in [-0.3, -0.25) is 9.59 Å². The highest BCUT2D eigenvalue weighted by molar-refractivity contribution is 5.96. The summed E-state index contributed by atoms with van der Waals surface area (Å²) in [4.78, 5) is 24.4. The van der Waals surface area contributed by atoms with Crippen LogP contribution in [0.25, 0.3) is 0 Å². The summed E-state index contributed by atoms with van der Waals surface area (Å²) in [6.07, 6.45) is 0. The summed E-state index contributed by atoms with van der Waals surface area (Å²) < 4.78 is 13.8. The maximum atomic E-state index is 13.8. The fourth-order valence-electron chi connectivity index (χ4n) is 1.34.